The number of nitrogens with zero attached hydrogens (tertiary/aromatic N) is 1. The number of carbonyl (C=O) groups excluding carboxylic acids is 1. The van der Waals surface area contributed by atoms with E-state index in [-0.39, 0.29) is 12.0 Å². The van der Waals surface area contributed by atoms with Crippen LogP contribution in [0.2, 0.25) is 0 Å². The minimum Gasteiger partial charge on any atom is -0.382 e. The average molecular weight is 229 g/mol. The number of rotatable bonds is 8. The molecule has 0 saturated heterocycles. The Hall–Kier alpha value is -0.870. The Morgan fingerprint density at radius 2 is 2.12 bits per heavy atom. The van der Waals surface area contributed by atoms with Crippen molar-refractivity contribution in [2.45, 2.75) is 26.4 Å². The molecule has 0 N–H and O–H groups in total. The van der Waals surface area contributed by atoms with E-state index in [2.05, 4.69) is 0 Å². The first-order valence-electron chi connectivity index (χ1n) is 5.54. The Bertz CT molecular complexity index is 216. The number of hydrogen-bond donors (Lipinski definition) is 0. The van der Waals surface area contributed by atoms with Crippen LogP contribution < -0.4 is 0 Å². The third kappa shape index (κ3) is 6.58. The van der Waals surface area contributed by atoms with Gasteiger partial charge in [-0.1, -0.05) is 12.2 Å². The smallest absolute Gasteiger partial charge is 0.219 e. The molecule has 4 heteroatoms. The second kappa shape index (κ2) is 9.36. The van der Waals surface area contributed by atoms with Crippen molar-refractivity contribution < 1.29 is 14.3 Å². The van der Waals surface area contributed by atoms with Crippen LogP contribution in [0.5, 0.6) is 0 Å². The predicted molar refractivity (Wildman–Crippen MR) is 64.4 cm³/mol. The Morgan fingerprint density at radius 3 is 2.56 bits per heavy atom. The van der Waals surface area contributed by atoms with Crippen molar-refractivity contribution in [3.8, 4) is 0 Å². The van der Waals surface area contributed by atoms with E-state index < -0.39 is 0 Å². The predicted octanol–water partition coefficient (Wildman–Crippen LogP) is 1.46. The molecule has 0 radical (unpaired) electrons. The van der Waals surface area contributed by atoms with Crippen molar-refractivity contribution in [1.29, 1.82) is 0 Å². The van der Waals surface area contributed by atoms with Crippen molar-refractivity contribution in [3.63, 3.8) is 0 Å². The zero-order valence-electron chi connectivity index (χ0n) is 10.7. The van der Waals surface area contributed by atoms with E-state index in [1.165, 1.54) is 0 Å². The van der Waals surface area contributed by atoms with Crippen LogP contribution in [0.3, 0.4) is 0 Å². The van der Waals surface area contributed by atoms with Gasteiger partial charge in [-0.15, -0.1) is 0 Å². The van der Waals surface area contributed by atoms with Crippen LogP contribution in [0.4, 0.5) is 0 Å². The van der Waals surface area contributed by atoms with Crippen molar-refractivity contribution in [1.82, 2.24) is 4.90 Å². The van der Waals surface area contributed by atoms with Crippen molar-refractivity contribution in [2.75, 3.05) is 33.9 Å². The van der Waals surface area contributed by atoms with Gasteiger partial charge < -0.3 is 14.4 Å². The number of amides is 1. The summed E-state index contributed by atoms with van der Waals surface area (Å²) in [5.41, 5.74) is 0. The van der Waals surface area contributed by atoms with Crippen LogP contribution in [0.25, 0.3) is 0 Å². The maximum atomic E-state index is 11.4. The summed E-state index contributed by atoms with van der Waals surface area (Å²) in [6.07, 6.45) is 4.86. The Balaban J connectivity index is 4.14. The van der Waals surface area contributed by atoms with Gasteiger partial charge in [0.15, 0.2) is 0 Å². The molecule has 0 aliphatic heterocycles. The lowest BCUT2D eigenvalue weighted by atomic mass is 10.3. The molecule has 4 nitrogen and oxygen atoms in total. The minimum absolute atomic E-state index is 0.0560. The summed E-state index contributed by atoms with van der Waals surface area (Å²) in [5, 5.41) is 0. The Labute approximate surface area is 98.2 Å². The van der Waals surface area contributed by atoms with E-state index in [0.29, 0.717) is 13.2 Å². The standard InChI is InChI=1S/C12H23NO3/c1-5-6-7-8-13(11(2)14)9-12(16-4)10-15-3/h5-6,12H,7-10H2,1-4H3/b6-5-. The highest BCUT2D eigenvalue weighted by molar-refractivity contribution is 5.73. The van der Waals surface area contributed by atoms with E-state index in [4.69, 9.17) is 9.47 Å². The summed E-state index contributed by atoms with van der Waals surface area (Å²) in [6, 6.07) is 0. The fraction of sp³-hybridized carbons (Fsp3) is 0.750. The number of allylic oxidation sites excluding steroid dienone is 1. The van der Waals surface area contributed by atoms with E-state index in [0.717, 1.165) is 13.0 Å². The van der Waals surface area contributed by atoms with Crippen LogP contribution >= 0.6 is 0 Å². The Kier molecular flexibility index (Phi) is 8.85. The lowest BCUT2D eigenvalue weighted by Crippen LogP contribution is -2.39. The second-order valence-electron chi connectivity index (χ2n) is 3.64. The van der Waals surface area contributed by atoms with Crippen LogP contribution in [-0.2, 0) is 14.3 Å². The van der Waals surface area contributed by atoms with Crippen LogP contribution in [-0.4, -0.2) is 50.8 Å². The molecule has 0 bridgehead atoms. The largest absolute Gasteiger partial charge is 0.382 e. The monoisotopic (exact) mass is 229 g/mol. The van der Waals surface area contributed by atoms with Crippen molar-refractivity contribution in [2.24, 2.45) is 0 Å². The van der Waals surface area contributed by atoms with Gasteiger partial charge in [0.1, 0.15) is 0 Å². The molecule has 0 heterocycles. The van der Waals surface area contributed by atoms with Gasteiger partial charge in [0, 0.05) is 34.2 Å². The molecule has 0 fully saturated rings. The number of carbonyl (C=O) groups is 1. The molecule has 1 atom stereocenters. The average Bonchev–Trinajstić information content (AvgIpc) is 2.26. The van der Waals surface area contributed by atoms with Crippen molar-refractivity contribution >= 4 is 5.91 Å². The van der Waals surface area contributed by atoms with Crippen LogP contribution in [0, 0.1) is 0 Å². The van der Waals surface area contributed by atoms with Gasteiger partial charge in [0.05, 0.1) is 12.7 Å². The number of hydrogen-bond acceptors (Lipinski definition) is 3. The molecule has 94 valence electrons. The topological polar surface area (TPSA) is 38.8 Å². The molecule has 16 heavy (non-hydrogen) atoms. The molecule has 0 aromatic heterocycles. The summed E-state index contributed by atoms with van der Waals surface area (Å²) in [7, 11) is 3.26. The highest BCUT2D eigenvalue weighted by Crippen LogP contribution is 2.00. The molecule has 0 aromatic rings. The first kappa shape index (κ1) is 15.1. The second-order valence-corrected chi connectivity index (χ2v) is 3.64. The van der Waals surface area contributed by atoms with Crippen molar-refractivity contribution in [3.05, 3.63) is 12.2 Å². The first-order valence-corrected chi connectivity index (χ1v) is 5.54. The molecule has 0 saturated carbocycles. The summed E-state index contributed by atoms with van der Waals surface area (Å²) in [4.78, 5) is 13.2. The van der Waals surface area contributed by atoms with E-state index >= 15 is 0 Å². The third-order valence-corrected chi connectivity index (χ3v) is 2.36. The van der Waals surface area contributed by atoms with Crippen LogP contribution in [0.1, 0.15) is 20.3 Å². The van der Waals surface area contributed by atoms with E-state index in [9.17, 15) is 4.79 Å². The molecule has 0 aliphatic carbocycles. The maximum absolute atomic E-state index is 11.4. The molecule has 1 unspecified atom stereocenters. The quantitative estimate of drug-likeness (QED) is 0.591. The van der Waals surface area contributed by atoms with Gasteiger partial charge in [-0.25, -0.2) is 0 Å². The van der Waals surface area contributed by atoms with E-state index in [1.54, 1.807) is 26.0 Å². The highest BCUT2D eigenvalue weighted by Gasteiger charge is 2.15. The summed E-state index contributed by atoms with van der Waals surface area (Å²) >= 11 is 0. The summed E-state index contributed by atoms with van der Waals surface area (Å²) in [5.74, 6) is 0.0719. The lowest BCUT2D eigenvalue weighted by molar-refractivity contribution is -0.131. The molecular formula is C12H23NO3. The summed E-state index contributed by atoms with van der Waals surface area (Å²) in [6.45, 7) is 5.36. The van der Waals surface area contributed by atoms with Gasteiger partial charge in [0.2, 0.25) is 5.91 Å². The van der Waals surface area contributed by atoms with Gasteiger partial charge in [-0.05, 0) is 13.3 Å². The Morgan fingerprint density at radius 1 is 1.44 bits per heavy atom. The minimum atomic E-state index is -0.0560. The fourth-order valence-electron chi connectivity index (χ4n) is 1.40. The van der Waals surface area contributed by atoms with Gasteiger partial charge in [-0.3, -0.25) is 4.79 Å². The van der Waals surface area contributed by atoms with Crippen LogP contribution in [0.15, 0.2) is 12.2 Å². The highest BCUT2D eigenvalue weighted by atomic mass is 16.5. The third-order valence-electron chi connectivity index (χ3n) is 2.36. The molecular weight excluding hydrogens is 206 g/mol. The number of methoxy groups -OCH3 is 2. The zero-order chi connectivity index (χ0) is 12.4. The molecule has 0 rings (SSSR count). The molecule has 0 aliphatic rings. The molecule has 1 amide bonds. The fourth-order valence-corrected chi connectivity index (χ4v) is 1.40. The SMILES string of the molecule is C/C=C\CCN(CC(COC)OC)C(C)=O. The normalized spacial score (nSPS) is 13.0. The first-order chi connectivity index (χ1) is 7.65. The zero-order valence-corrected chi connectivity index (χ0v) is 10.7. The number of ether oxygens (including phenoxy) is 2. The summed E-state index contributed by atoms with van der Waals surface area (Å²) < 4.78 is 10.3. The van der Waals surface area contributed by atoms with Gasteiger partial charge in [-0.2, -0.15) is 0 Å². The molecule has 0 spiro atoms. The molecule has 0 aromatic carbocycles. The maximum Gasteiger partial charge on any atom is 0.219 e. The van der Waals surface area contributed by atoms with Gasteiger partial charge >= 0.3 is 0 Å². The van der Waals surface area contributed by atoms with Gasteiger partial charge in [0.25, 0.3) is 0 Å². The van der Waals surface area contributed by atoms with E-state index in [1.807, 2.05) is 19.1 Å². The lowest BCUT2D eigenvalue weighted by Gasteiger charge is -2.25.